The number of carbonyl (C=O) groups excluding carboxylic acids is 2. The minimum atomic E-state index is -0.510. The van der Waals surface area contributed by atoms with Crippen LogP contribution in [0.1, 0.15) is 32.4 Å². The number of halogens is 1. The Balaban J connectivity index is 1.93. The van der Waals surface area contributed by atoms with Crippen molar-refractivity contribution in [3.05, 3.63) is 59.9 Å². The van der Waals surface area contributed by atoms with E-state index in [9.17, 15) is 14.0 Å². The SMILES string of the molecule is CC(=O)Nc1ccc(NC(=O)[C@H](C)N[C@H](C)c2ccccc2F)cc1. The van der Waals surface area contributed by atoms with Crippen LogP contribution in [0.15, 0.2) is 48.5 Å². The first-order valence-electron chi connectivity index (χ1n) is 8.06. The maximum absolute atomic E-state index is 13.8. The smallest absolute Gasteiger partial charge is 0.241 e. The Labute approximate surface area is 146 Å². The van der Waals surface area contributed by atoms with Crippen LogP contribution in [0, 0.1) is 5.82 Å². The fourth-order valence-electron chi connectivity index (χ4n) is 2.46. The predicted octanol–water partition coefficient (Wildman–Crippen LogP) is 3.46. The molecule has 0 aromatic heterocycles. The minimum absolute atomic E-state index is 0.156. The number of benzene rings is 2. The van der Waals surface area contributed by atoms with Crippen LogP contribution in [0.4, 0.5) is 15.8 Å². The van der Waals surface area contributed by atoms with Crippen LogP contribution in [0.25, 0.3) is 0 Å². The molecule has 25 heavy (non-hydrogen) atoms. The van der Waals surface area contributed by atoms with Crippen molar-refractivity contribution in [1.29, 1.82) is 0 Å². The van der Waals surface area contributed by atoms with Crippen molar-refractivity contribution in [2.75, 3.05) is 10.6 Å². The normalized spacial score (nSPS) is 13.0. The molecule has 2 atom stereocenters. The lowest BCUT2D eigenvalue weighted by Gasteiger charge is -2.20. The molecule has 2 rings (SSSR count). The highest BCUT2D eigenvalue weighted by atomic mass is 19.1. The number of amides is 2. The fraction of sp³-hybridized carbons (Fsp3) is 0.263. The largest absolute Gasteiger partial charge is 0.326 e. The molecule has 0 aliphatic heterocycles. The molecule has 0 unspecified atom stereocenters. The van der Waals surface area contributed by atoms with E-state index < -0.39 is 6.04 Å². The van der Waals surface area contributed by atoms with Gasteiger partial charge in [-0.25, -0.2) is 4.39 Å². The van der Waals surface area contributed by atoms with Gasteiger partial charge in [-0.3, -0.25) is 14.9 Å². The van der Waals surface area contributed by atoms with Crippen LogP contribution in [-0.2, 0) is 9.59 Å². The van der Waals surface area contributed by atoms with Crippen LogP contribution < -0.4 is 16.0 Å². The number of carbonyl (C=O) groups is 2. The zero-order valence-corrected chi connectivity index (χ0v) is 14.5. The van der Waals surface area contributed by atoms with Gasteiger partial charge in [0.2, 0.25) is 11.8 Å². The zero-order chi connectivity index (χ0) is 18.4. The highest BCUT2D eigenvalue weighted by Crippen LogP contribution is 2.17. The highest BCUT2D eigenvalue weighted by Gasteiger charge is 2.18. The summed E-state index contributed by atoms with van der Waals surface area (Å²) in [4.78, 5) is 23.3. The van der Waals surface area contributed by atoms with Crippen LogP contribution in [0.2, 0.25) is 0 Å². The fourth-order valence-corrected chi connectivity index (χ4v) is 2.46. The van der Waals surface area contributed by atoms with Crippen LogP contribution in [0.3, 0.4) is 0 Å². The molecule has 132 valence electrons. The molecular formula is C19H22FN3O2. The molecule has 0 fully saturated rings. The van der Waals surface area contributed by atoms with Gasteiger partial charge in [0, 0.05) is 29.9 Å². The minimum Gasteiger partial charge on any atom is -0.326 e. The van der Waals surface area contributed by atoms with E-state index in [1.165, 1.54) is 13.0 Å². The number of rotatable bonds is 6. The van der Waals surface area contributed by atoms with Crippen molar-refractivity contribution in [2.45, 2.75) is 32.9 Å². The van der Waals surface area contributed by atoms with E-state index >= 15 is 0 Å². The van der Waals surface area contributed by atoms with Gasteiger partial charge >= 0.3 is 0 Å². The average molecular weight is 343 g/mol. The Morgan fingerprint density at radius 2 is 1.48 bits per heavy atom. The van der Waals surface area contributed by atoms with Crippen molar-refractivity contribution in [3.8, 4) is 0 Å². The van der Waals surface area contributed by atoms with Crippen LogP contribution in [-0.4, -0.2) is 17.9 Å². The maximum atomic E-state index is 13.8. The standard InChI is InChI=1S/C19H22FN3O2/c1-12(17-6-4-5-7-18(17)20)21-13(2)19(25)23-16-10-8-15(9-11-16)22-14(3)24/h4-13,21H,1-3H3,(H,22,24)(H,23,25)/t12-,13+/m1/s1. The van der Waals surface area contributed by atoms with Gasteiger partial charge < -0.3 is 10.6 Å². The van der Waals surface area contributed by atoms with Gasteiger partial charge in [0.15, 0.2) is 0 Å². The Hall–Kier alpha value is -2.73. The lowest BCUT2D eigenvalue weighted by Crippen LogP contribution is -2.39. The molecule has 6 heteroatoms. The first kappa shape index (κ1) is 18.6. The molecule has 0 heterocycles. The quantitative estimate of drug-likeness (QED) is 0.752. The summed E-state index contributed by atoms with van der Waals surface area (Å²) in [5.74, 6) is -0.684. The zero-order valence-electron chi connectivity index (χ0n) is 14.5. The van der Waals surface area contributed by atoms with Crippen LogP contribution in [0.5, 0.6) is 0 Å². The molecule has 0 saturated heterocycles. The molecule has 2 aromatic rings. The van der Waals surface area contributed by atoms with Gasteiger partial charge in [0.25, 0.3) is 0 Å². The van der Waals surface area contributed by atoms with E-state index in [1.807, 2.05) is 6.92 Å². The van der Waals surface area contributed by atoms with Crippen molar-refractivity contribution < 1.29 is 14.0 Å². The molecule has 2 amide bonds. The monoisotopic (exact) mass is 343 g/mol. The van der Waals surface area contributed by atoms with Crippen molar-refractivity contribution in [1.82, 2.24) is 5.32 Å². The topological polar surface area (TPSA) is 70.2 Å². The molecule has 5 nitrogen and oxygen atoms in total. The van der Waals surface area contributed by atoms with Gasteiger partial charge in [-0.2, -0.15) is 0 Å². The van der Waals surface area contributed by atoms with Gasteiger partial charge in [0.05, 0.1) is 6.04 Å². The Kier molecular flexibility index (Phi) is 6.25. The summed E-state index contributed by atoms with van der Waals surface area (Å²) in [6.45, 7) is 4.96. The third kappa shape index (κ3) is 5.39. The van der Waals surface area contributed by atoms with Gasteiger partial charge in [0.1, 0.15) is 5.82 Å². The first-order valence-corrected chi connectivity index (χ1v) is 8.06. The lowest BCUT2D eigenvalue weighted by atomic mass is 10.1. The average Bonchev–Trinajstić information content (AvgIpc) is 2.56. The summed E-state index contributed by atoms with van der Waals surface area (Å²) in [5.41, 5.74) is 1.79. The summed E-state index contributed by atoms with van der Waals surface area (Å²) in [6, 6.07) is 12.5. The van der Waals surface area contributed by atoms with Crippen molar-refractivity contribution in [3.63, 3.8) is 0 Å². The maximum Gasteiger partial charge on any atom is 0.241 e. The van der Waals surface area contributed by atoms with E-state index in [1.54, 1.807) is 49.4 Å². The Morgan fingerprint density at radius 1 is 0.920 bits per heavy atom. The Morgan fingerprint density at radius 3 is 2.04 bits per heavy atom. The second kappa shape index (κ2) is 8.39. The molecule has 0 radical (unpaired) electrons. The summed E-state index contributed by atoms with van der Waals surface area (Å²) in [6.07, 6.45) is 0. The van der Waals surface area contributed by atoms with E-state index in [0.29, 0.717) is 16.9 Å². The molecular weight excluding hydrogens is 321 g/mol. The molecule has 0 bridgehead atoms. The third-order valence-corrected chi connectivity index (χ3v) is 3.74. The molecule has 2 aromatic carbocycles. The molecule has 0 saturated carbocycles. The summed E-state index contributed by atoms with van der Waals surface area (Å²) in [5, 5.41) is 8.53. The number of hydrogen-bond acceptors (Lipinski definition) is 3. The number of hydrogen-bond donors (Lipinski definition) is 3. The van der Waals surface area contributed by atoms with Crippen molar-refractivity contribution >= 4 is 23.2 Å². The lowest BCUT2D eigenvalue weighted by molar-refractivity contribution is -0.118. The van der Waals surface area contributed by atoms with E-state index in [0.717, 1.165) is 0 Å². The Bertz CT molecular complexity index is 747. The summed E-state index contributed by atoms with van der Waals surface area (Å²) < 4.78 is 13.8. The third-order valence-electron chi connectivity index (χ3n) is 3.74. The highest BCUT2D eigenvalue weighted by molar-refractivity contribution is 5.95. The molecule has 0 aliphatic rings. The van der Waals surface area contributed by atoms with E-state index in [2.05, 4.69) is 16.0 Å². The van der Waals surface area contributed by atoms with Gasteiger partial charge in [-0.15, -0.1) is 0 Å². The summed E-state index contributed by atoms with van der Waals surface area (Å²) >= 11 is 0. The second-order valence-corrected chi connectivity index (χ2v) is 5.88. The molecule has 0 spiro atoms. The number of anilines is 2. The molecule has 0 aliphatic carbocycles. The predicted molar refractivity (Wildman–Crippen MR) is 96.8 cm³/mol. The summed E-state index contributed by atoms with van der Waals surface area (Å²) in [7, 11) is 0. The van der Waals surface area contributed by atoms with Crippen LogP contribution >= 0.6 is 0 Å². The molecule has 3 N–H and O–H groups in total. The second-order valence-electron chi connectivity index (χ2n) is 5.88. The number of nitrogens with one attached hydrogen (secondary N) is 3. The first-order chi connectivity index (χ1) is 11.9. The van der Waals surface area contributed by atoms with E-state index in [4.69, 9.17) is 0 Å². The van der Waals surface area contributed by atoms with E-state index in [-0.39, 0.29) is 23.7 Å². The van der Waals surface area contributed by atoms with Gasteiger partial charge in [-0.1, -0.05) is 18.2 Å². The van der Waals surface area contributed by atoms with Crippen molar-refractivity contribution in [2.24, 2.45) is 0 Å². The van der Waals surface area contributed by atoms with Gasteiger partial charge in [-0.05, 0) is 44.2 Å².